The Morgan fingerprint density at radius 1 is 0.520 bits per heavy atom. The number of hydrogen-bond acceptors (Lipinski definition) is 5. The zero-order valence-corrected chi connectivity index (χ0v) is 26.9. The van der Waals surface area contributed by atoms with E-state index >= 15 is 0 Å². The van der Waals surface area contributed by atoms with E-state index in [2.05, 4.69) is 113 Å². The van der Waals surface area contributed by atoms with Crippen molar-refractivity contribution in [2.75, 3.05) is 0 Å². The first-order chi connectivity index (χ1) is 24.8. The third-order valence-electron chi connectivity index (χ3n) is 9.46. The summed E-state index contributed by atoms with van der Waals surface area (Å²) in [6, 6.07) is 56.1. The smallest absolute Gasteiger partial charge is 0.170 e. The molecular weight excluding hydrogens is 615 g/mol. The van der Waals surface area contributed by atoms with Crippen LogP contribution in [0.3, 0.4) is 0 Å². The van der Waals surface area contributed by atoms with E-state index in [1.807, 2.05) is 60.7 Å². The molecule has 0 fully saturated rings. The monoisotopic (exact) mass is 643 g/mol. The van der Waals surface area contributed by atoms with Gasteiger partial charge in [0.05, 0.1) is 22.2 Å². The number of fused-ring (bicyclic) bond motifs is 6. The standard InChI is InChI=1S/C44H29N5O/c1-4-13-28(14-5-1)42-46-43(29-15-6-2-7-16-29)48-44(47-42)33-20-12-22-39-40(33)34-27-30(23-26-38(34)50-39)35-24-25-37-41(45-35)32-19-10-11-21-36(32)49(37)31-17-8-3-9-18-31/h1-27,44H,(H,46,47,48). The number of rotatable bonds is 5. The zero-order chi connectivity index (χ0) is 33.0. The van der Waals surface area contributed by atoms with Crippen LogP contribution >= 0.6 is 0 Å². The number of nitrogens with one attached hydrogen (secondary N) is 1. The van der Waals surface area contributed by atoms with Gasteiger partial charge in [0.25, 0.3) is 0 Å². The van der Waals surface area contributed by atoms with Gasteiger partial charge in [-0.2, -0.15) is 0 Å². The van der Waals surface area contributed by atoms with Crippen LogP contribution in [0.4, 0.5) is 0 Å². The Balaban J connectivity index is 1.14. The third-order valence-corrected chi connectivity index (χ3v) is 9.46. The second kappa shape index (κ2) is 11.4. The molecule has 1 N–H and O–H groups in total. The lowest BCUT2D eigenvalue weighted by molar-refractivity contribution is 0.667. The van der Waals surface area contributed by atoms with Gasteiger partial charge in [-0.1, -0.05) is 109 Å². The quantitative estimate of drug-likeness (QED) is 0.203. The highest BCUT2D eigenvalue weighted by Crippen LogP contribution is 2.39. The Morgan fingerprint density at radius 2 is 1.20 bits per heavy atom. The molecule has 50 heavy (non-hydrogen) atoms. The van der Waals surface area contributed by atoms with E-state index in [1.165, 1.54) is 0 Å². The molecule has 9 aromatic rings. The number of pyridine rings is 1. The van der Waals surface area contributed by atoms with E-state index in [1.54, 1.807) is 0 Å². The lowest BCUT2D eigenvalue weighted by Gasteiger charge is -2.22. The molecular formula is C44H29N5O. The fourth-order valence-electron chi connectivity index (χ4n) is 7.15. The van der Waals surface area contributed by atoms with Gasteiger partial charge in [-0.15, -0.1) is 0 Å². The van der Waals surface area contributed by atoms with Crippen molar-refractivity contribution in [3.8, 4) is 16.9 Å². The Bertz CT molecular complexity index is 2720. The number of aromatic nitrogens is 2. The number of nitrogens with zero attached hydrogens (tertiary/aromatic N) is 4. The fourth-order valence-corrected chi connectivity index (χ4v) is 7.15. The molecule has 0 spiro atoms. The first kappa shape index (κ1) is 28.2. The molecule has 0 saturated carbocycles. The Morgan fingerprint density at radius 3 is 1.94 bits per heavy atom. The number of hydrogen-bond donors (Lipinski definition) is 1. The van der Waals surface area contributed by atoms with Gasteiger partial charge in [0.1, 0.15) is 22.8 Å². The van der Waals surface area contributed by atoms with Crippen LogP contribution in [0, 0.1) is 0 Å². The van der Waals surface area contributed by atoms with E-state index in [9.17, 15) is 0 Å². The second-order valence-electron chi connectivity index (χ2n) is 12.5. The largest absolute Gasteiger partial charge is 0.456 e. The van der Waals surface area contributed by atoms with E-state index < -0.39 is 6.17 Å². The van der Waals surface area contributed by atoms with E-state index in [0.717, 1.165) is 89.2 Å². The van der Waals surface area contributed by atoms with Crippen LogP contribution in [0.1, 0.15) is 22.9 Å². The maximum absolute atomic E-state index is 6.44. The van der Waals surface area contributed by atoms with E-state index in [-0.39, 0.29) is 0 Å². The summed E-state index contributed by atoms with van der Waals surface area (Å²) in [6.45, 7) is 0. The third kappa shape index (κ3) is 4.61. The van der Waals surface area contributed by atoms with Gasteiger partial charge >= 0.3 is 0 Å². The van der Waals surface area contributed by atoms with Crippen LogP contribution in [0.5, 0.6) is 0 Å². The van der Waals surface area contributed by atoms with Crippen LogP contribution in [0.15, 0.2) is 178 Å². The van der Waals surface area contributed by atoms with Crippen LogP contribution in [-0.2, 0) is 0 Å². The first-order valence-corrected chi connectivity index (χ1v) is 16.7. The van der Waals surface area contributed by atoms with Crippen molar-refractivity contribution < 1.29 is 4.42 Å². The lowest BCUT2D eigenvalue weighted by atomic mass is 10.0. The van der Waals surface area contributed by atoms with Crippen LogP contribution < -0.4 is 5.32 Å². The van der Waals surface area contributed by atoms with E-state index in [0.29, 0.717) is 0 Å². The average molecular weight is 644 g/mol. The second-order valence-corrected chi connectivity index (χ2v) is 12.5. The number of aliphatic imine (C=N–C) groups is 2. The normalized spacial score (nSPS) is 13.5. The SMILES string of the molecule is c1ccc(C2=NC(c3cccc4oc5ccc(-c6ccc7c(n6)c6ccccc6n7-c6ccccc6)cc5c34)N=C(c3ccccc3)N2)cc1. The summed E-state index contributed by atoms with van der Waals surface area (Å²) in [5.41, 5.74) is 10.8. The Kier molecular flexibility index (Phi) is 6.45. The van der Waals surface area contributed by atoms with Gasteiger partial charge in [0.2, 0.25) is 0 Å². The molecule has 6 nitrogen and oxygen atoms in total. The summed E-state index contributed by atoms with van der Waals surface area (Å²) in [5, 5.41) is 6.63. The summed E-state index contributed by atoms with van der Waals surface area (Å²) in [7, 11) is 0. The van der Waals surface area contributed by atoms with Crippen molar-refractivity contribution in [3.63, 3.8) is 0 Å². The van der Waals surface area contributed by atoms with Gasteiger partial charge in [-0.3, -0.25) is 0 Å². The van der Waals surface area contributed by atoms with Crippen molar-refractivity contribution in [1.82, 2.24) is 14.9 Å². The van der Waals surface area contributed by atoms with Gasteiger partial charge in [-0.25, -0.2) is 15.0 Å². The first-order valence-electron chi connectivity index (χ1n) is 16.7. The fraction of sp³-hybridized carbons (Fsp3) is 0.0227. The summed E-state index contributed by atoms with van der Waals surface area (Å²) in [6.07, 6.45) is -0.478. The predicted octanol–water partition coefficient (Wildman–Crippen LogP) is 10.2. The molecule has 4 heterocycles. The molecule has 0 saturated heterocycles. The molecule has 3 aromatic heterocycles. The van der Waals surface area contributed by atoms with Crippen molar-refractivity contribution in [3.05, 3.63) is 180 Å². The number of benzene rings is 6. The molecule has 6 aromatic carbocycles. The summed E-state index contributed by atoms with van der Waals surface area (Å²) < 4.78 is 8.73. The lowest BCUT2D eigenvalue weighted by Crippen LogP contribution is -2.36. The number of furan rings is 1. The predicted molar refractivity (Wildman–Crippen MR) is 203 cm³/mol. The maximum Gasteiger partial charge on any atom is 0.170 e. The van der Waals surface area contributed by atoms with Crippen LogP contribution in [0.2, 0.25) is 0 Å². The maximum atomic E-state index is 6.44. The van der Waals surface area contributed by atoms with Gasteiger partial charge < -0.3 is 14.3 Å². The van der Waals surface area contributed by atoms with Crippen molar-refractivity contribution in [2.24, 2.45) is 9.98 Å². The minimum atomic E-state index is -0.478. The van der Waals surface area contributed by atoms with Gasteiger partial charge in [-0.05, 0) is 54.6 Å². The van der Waals surface area contributed by atoms with Gasteiger partial charge in [0.15, 0.2) is 6.17 Å². The molecule has 0 atom stereocenters. The zero-order valence-electron chi connectivity index (χ0n) is 26.9. The summed E-state index contributed by atoms with van der Waals surface area (Å²) in [5.74, 6) is 1.56. The molecule has 10 rings (SSSR count). The average Bonchev–Trinajstić information content (AvgIpc) is 3.74. The molecule has 0 bridgehead atoms. The molecule has 0 aliphatic carbocycles. The van der Waals surface area contributed by atoms with Gasteiger partial charge in [0, 0.05) is 44.1 Å². The summed E-state index contributed by atoms with van der Waals surface area (Å²) >= 11 is 0. The minimum Gasteiger partial charge on any atom is -0.456 e. The highest BCUT2D eigenvalue weighted by molar-refractivity contribution is 6.16. The Labute approximate surface area is 287 Å². The highest BCUT2D eigenvalue weighted by atomic mass is 16.3. The number of amidine groups is 2. The molecule has 6 heteroatoms. The molecule has 0 radical (unpaired) electrons. The Hall–Kier alpha value is -6.79. The van der Waals surface area contributed by atoms with Crippen LogP contribution in [0.25, 0.3) is 60.8 Å². The topological polar surface area (TPSA) is 67.7 Å². The van der Waals surface area contributed by atoms with E-state index in [4.69, 9.17) is 19.4 Å². The molecule has 236 valence electrons. The number of para-hydroxylation sites is 2. The molecule has 0 unspecified atom stereocenters. The molecule has 0 amide bonds. The van der Waals surface area contributed by atoms with Crippen LogP contribution in [-0.4, -0.2) is 21.2 Å². The minimum absolute atomic E-state index is 0.478. The van der Waals surface area contributed by atoms with Crippen molar-refractivity contribution in [1.29, 1.82) is 0 Å². The highest BCUT2D eigenvalue weighted by Gasteiger charge is 2.24. The van der Waals surface area contributed by atoms with Crippen molar-refractivity contribution in [2.45, 2.75) is 6.17 Å². The summed E-state index contributed by atoms with van der Waals surface area (Å²) in [4.78, 5) is 15.6. The molecule has 1 aliphatic heterocycles. The van der Waals surface area contributed by atoms with Crippen molar-refractivity contribution >= 4 is 55.5 Å². The molecule has 1 aliphatic rings.